The fourth-order valence-electron chi connectivity index (χ4n) is 2.75. The van der Waals surface area contributed by atoms with Crippen LogP contribution in [-0.2, 0) is 6.42 Å². The maximum absolute atomic E-state index is 13.2. The van der Waals surface area contributed by atoms with Crippen molar-refractivity contribution in [3.63, 3.8) is 0 Å². The summed E-state index contributed by atoms with van der Waals surface area (Å²) in [6.45, 7) is 1.87. The van der Waals surface area contributed by atoms with Gasteiger partial charge in [-0.3, -0.25) is 0 Å². The van der Waals surface area contributed by atoms with E-state index in [1.165, 1.54) is 12.1 Å². The van der Waals surface area contributed by atoms with Gasteiger partial charge in [0.2, 0.25) is 0 Å². The normalized spacial score (nSPS) is 12.5. The van der Waals surface area contributed by atoms with E-state index in [0.717, 1.165) is 27.5 Å². The molecule has 106 valence electrons. The van der Waals surface area contributed by atoms with E-state index < -0.39 is 6.10 Å². The van der Waals surface area contributed by atoms with E-state index >= 15 is 0 Å². The summed E-state index contributed by atoms with van der Waals surface area (Å²) in [6, 6.07) is 18.7. The Morgan fingerprint density at radius 3 is 2.57 bits per heavy atom. The second kappa shape index (κ2) is 5.66. The molecule has 0 bridgehead atoms. The van der Waals surface area contributed by atoms with Crippen LogP contribution in [0.3, 0.4) is 0 Å². The maximum atomic E-state index is 13.2. The minimum absolute atomic E-state index is 0.240. The molecule has 0 aliphatic heterocycles. The van der Waals surface area contributed by atoms with Gasteiger partial charge in [0.15, 0.2) is 0 Å². The van der Waals surface area contributed by atoms with Crippen molar-refractivity contribution in [2.75, 3.05) is 0 Å². The third kappa shape index (κ3) is 2.81. The molecule has 0 aliphatic carbocycles. The highest BCUT2D eigenvalue weighted by Crippen LogP contribution is 2.27. The summed E-state index contributed by atoms with van der Waals surface area (Å²) < 4.78 is 13.2. The quantitative estimate of drug-likeness (QED) is 0.745. The zero-order valence-corrected chi connectivity index (χ0v) is 11.9. The molecule has 1 N–H and O–H groups in total. The van der Waals surface area contributed by atoms with Crippen molar-refractivity contribution in [2.24, 2.45) is 0 Å². The number of hydrogen-bond acceptors (Lipinski definition) is 1. The van der Waals surface area contributed by atoms with E-state index in [2.05, 4.69) is 0 Å². The van der Waals surface area contributed by atoms with Crippen molar-refractivity contribution in [3.05, 3.63) is 83.2 Å². The summed E-state index contributed by atoms with van der Waals surface area (Å²) >= 11 is 0. The molecule has 0 spiro atoms. The third-order valence-corrected chi connectivity index (χ3v) is 3.90. The van der Waals surface area contributed by atoms with E-state index in [0.29, 0.717) is 6.42 Å². The van der Waals surface area contributed by atoms with Crippen LogP contribution in [0.25, 0.3) is 10.8 Å². The number of aliphatic hydroxyl groups excluding tert-OH is 1. The van der Waals surface area contributed by atoms with Gasteiger partial charge in [-0.2, -0.15) is 0 Å². The van der Waals surface area contributed by atoms with Gasteiger partial charge in [0.05, 0.1) is 6.10 Å². The van der Waals surface area contributed by atoms with Crippen LogP contribution in [0.4, 0.5) is 4.39 Å². The molecule has 0 aliphatic rings. The molecule has 3 aromatic carbocycles. The molecule has 0 heterocycles. The fourth-order valence-corrected chi connectivity index (χ4v) is 2.75. The van der Waals surface area contributed by atoms with E-state index in [9.17, 15) is 9.50 Å². The summed E-state index contributed by atoms with van der Waals surface area (Å²) in [5.74, 6) is -0.240. The highest BCUT2D eigenvalue weighted by molar-refractivity contribution is 5.86. The van der Waals surface area contributed by atoms with E-state index in [1.54, 1.807) is 6.07 Å². The predicted molar refractivity (Wildman–Crippen MR) is 83.7 cm³/mol. The molecular formula is C19H17FO. The average Bonchev–Trinajstić information content (AvgIpc) is 2.49. The van der Waals surface area contributed by atoms with E-state index in [4.69, 9.17) is 0 Å². The molecule has 0 fully saturated rings. The Labute approximate surface area is 123 Å². The van der Waals surface area contributed by atoms with Gasteiger partial charge in [-0.15, -0.1) is 0 Å². The van der Waals surface area contributed by atoms with Crippen molar-refractivity contribution in [3.8, 4) is 0 Å². The minimum Gasteiger partial charge on any atom is -0.388 e. The number of hydrogen-bond donors (Lipinski definition) is 1. The molecule has 1 nitrogen and oxygen atoms in total. The molecule has 0 radical (unpaired) electrons. The summed E-state index contributed by atoms with van der Waals surface area (Å²) in [6.07, 6.45) is -0.111. The Morgan fingerprint density at radius 1 is 1.00 bits per heavy atom. The lowest BCUT2D eigenvalue weighted by Gasteiger charge is -2.15. The van der Waals surface area contributed by atoms with Gasteiger partial charge >= 0.3 is 0 Å². The first-order valence-electron chi connectivity index (χ1n) is 7.06. The Hall–Kier alpha value is -2.19. The molecule has 0 saturated heterocycles. The van der Waals surface area contributed by atoms with Crippen LogP contribution in [0, 0.1) is 12.7 Å². The molecule has 0 amide bonds. The lowest BCUT2D eigenvalue weighted by atomic mass is 9.94. The molecular weight excluding hydrogens is 263 g/mol. The van der Waals surface area contributed by atoms with Gasteiger partial charge in [0, 0.05) is 6.42 Å². The SMILES string of the molecule is Cc1cc(F)ccc1CC(O)c1cccc2ccccc12. The van der Waals surface area contributed by atoms with E-state index in [-0.39, 0.29) is 5.82 Å². The zero-order valence-electron chi connectivity index (χ0n) is 11.9. The second-order valence-electron chi connectivity index (χ2n) is 5.36. The Balaban J connectivity index is 1.95. The average molecular weight is 280 g/mol. The van der Waals surface area contributed by atoms with Crippen molar-refractivity contribution >= 4 is 10.8 Å². The van der Waals surface area contributed by atoms with Crippen LogP contribution in [0.15, 0.2) is 60.7 Å². The highest BCUT2D eigenvalue weighted by Gasteiger charge is 2.13. The summed E-state index contributed by atoms with van der Waals surface area (Å²) in [7, 11) is 0. The number of aliphatic hydroxyl groups is 1. The summed E-state index contributed by atoms with van der Waals surface area (Å²) in [5, 5.41) is 12.7. The summed E-state index contributed by atoms with van der Waals surface area (Å²) in [4.78, 5) is 0. The lowest BCUT2D eigenvalue weighted by molar-refractivity contribution is 0.180. The first-order chi connectivity index (χ1) is 10.1. The molecule has 0 saturated carbocycles. The first-order valence-corrected chi connectivity index (χ1v) is 7.06. The van der Waals surface area contributed by atoms with Crippen LogP contribution in [0.1, 0.15) is 22.8 Å². The molecule has 0 aromatic heterocycles. The number of benzene rings is 3. The second-order valence-corrected chi connectivity index (χ2v) is 5.36. The number of fused-ring (bicyclic) bond motifs is 1. The van der Waals surface area contributed by atoms with Crippen LogP contribution in [0.5, 0.6) is 0 Å². The minimum atomic E-state index is -0.597. The number of aryl methyl sites for hydroxylation is 1. The van der Waals surface area contributed by atoms with Crippen molar-refractivity contribution in [2.45, 2.75) is 19.4 Å². The zero-order chi connectivity index (χ0) is 14.8. The molecule has 21 heavy (non-hydrogen) atoms. The van der Waals surface area contributed by atoms with Gasteiger partial charge < -0.3 is 5.11 Å². The van der Waals surface area contributed by atoms with Crippen LogP contribution in [-0.4, -0.2) is 5.11 Å². The van der Waals surface area contributed by atoms with Crippen molar-refractivity contribution in [1.29, 1.82) is 0 Å². The van der Waals surface area contributed by atoms with Gasteiger partial charge in [-0.1, -0.05) is 48.5 Å². The molecule has 1 unspecified atom stereocenters. The van der Waals surface area contributed by atoms with Gasteiger partial charge in [0.25, 0.3) is 0 Å². The maximum Gasteiger partial charge on any atom is 0.123 e. The lowest BCUT2D eigenvalue weighted by Crippen LogP contribution is -2.04. The van der Waals surface area contributed by atoms with Crippen LogP contribution < -0.4 is 0 Å². The van der Waals surface area contributed by atoms with Crippen LogP contribution >= 0.6 is 0 Å². The standard InChI is InChI=1S/C19H17FO/c1-13-11-16(20)10-9-15(13)12-19(21)18-8-4-6-14-5-2-3-7-17(14)18/h2-11,19,21H,12H2,1H3. The first kappa shape index (κ1) is 13.8. The molecule has 3 aromatic rings. The Kier molecular flexibility index (Phi) is 3.72. The highest BCUT2D eigenvalue weighted by atomic mass is 19.1. The van der Waals surface area contributed by atoms with Crippen molar-refractivity contribution < 1.29 is 9.50 Å². The van der Waals surface area contributed by atoms with Gasteiger partial charge in [-0.25, -0.2) is 4.39 Å². The molecule has 1 atom stereocenters. The summed E-state index contributed by atoms with van der Waals surface area (Å²) in [5.41, 5.74) is 2.75. The van der Waals surface area contributed by atoms with Crippen molar-refractivity contribution in [1.82, 2.24) is 0 Å². The fraction of sp³-hybridized carbons (Fsp3) is 0.158. The van der Waals surface area contributed by atoms with Crippen LogP contribution in [0.2, 0.25) is 0 Å². The monoisotopic (exact) mass is 280 g/mol. The predicted octanol–water partition coefficient (Wildman–Crippen LogP) is 4.56. The molecule has 2 heteroatoms. The van der Waals surface area contributed by atoms with Gasteiger partial charge in [-0.05, 0) is 46.5 Å². The topological polar surface area (TPSA) is 20.2 Å². The largest absolute Gasteiger partial charge is 0.388 e. The smallest absolute Gasteiger partial charge is 0.123 e. The van der Waals surface area contributed by atoms with E-state index in [1.807, 2.05) is 49.4 Å². The Morgan fingerprint density at radius 2 is 1.76 bits per heavy atom. The van der Waals surface area contributed by atoms with Gasteiger partial charge in [0.1, 0.15) is 5.82 Å². The number of rotatable bonds is 3. The third-order valence-electron chi connectivity index (χ3n) is 3.90. The molecule has 3 rings (SSSR count). The Bertz CT molecular complexity index is 774. The number of halogens is 1.